The summed E-state index contributed by atoms with van der Waals surface area (Å²) in [4.78, 5) is 30.6. The molecule has 0 N–H and O–H groups in total. The number of aromatic nitrogens is 1. The van der Waals surface area contributed by atoms with Gasteiger partial charge in [-0.05, 0) is 39.0 Å². The van der Waals surface area contributed by atoms with Gasteiger partial charge in [0.15, 0.2) is 5.69 Å². The molecule has 0 unspecified atom stereocenters. The van der Waals surface area contributed by atoms with Crippen molar-refractivity contribution in [3.8, 4) is 5.75 Å². The standard InChI is InChI=1S/C18H22N2O4S/c1-18(2,3)20(10-15-19-14(11-25-15)17(22)24-5)16(21)12-7-6-8-13(9-12)23-4/h6-9,11H,10H2,1-5H3. The highest BCUT2D eigenvalue weighted by atomic mass is 32.1. The van der Waals surface area contributed by atoms with Crippen LogP contribution in [0.4, 0.5) is 0 Å². The fourth-order valence-electron chi connectivity index (χ4n) is 2.24. The molecule has 0 saturated heterocycles. The Morgan fingerprint density at radius 2 is 1.96 bits per heavy atom. The third-order valence-corrected chi connectivity index (χ3v) is 4.44. The van der Waals surface area contributed by atoms with Gasteiger partial charge < -0.3 is 14.4 Å². The normalized spacial score (nSPS) is 11.1. The van der Waals surface area contributed by atoms with Crippen LogP contribution < -0.4 is 4.74 Å². The van der Waals surface area contributed by atoms with Gasteiger partial charge >= 0.3 is 5.97 Å². The van der Waals surface area contributed by atoms with Gasteiger partial charge in [0.1, 0.15) is 10.8 Å². The monoisotopic (exact) mass is 362 g/mol. The molecule has 1 heterocycles. The minimum atomic E-state index is -0.482. The first-order valence-electron chi connectivity index (χ1n) is 7.75. The Bertz CT molecular complexity index is 764. The van der Waals surface area contributed by atoms with Gasteiger partial charge in [0.25, 0.3) is 5.91 Å². The minimum Gasteiger partial charge on any atom is -0.497 e. The first-order valence-corrected chi connectivity index (χ1v) is 8.63. The highest BCUT2D eigenvalue weighted by Crippen LogP contribution is 2.24. The van der Waals surface area contributed by atoms with E-state index in [1.165, 1.54) is 18.4 Å². The Balaban J connectivity index is 2.28. The topological polar surface area (TPSA) is 68.7 Å². The van der Waals surface area contributed by atoms with E-state index in [4.69, 9.17) is 4.74 Å². The van der Waals surface area contributed by atoms with Crippen LogP contribution >= 0.6 is 11.3 Å². The molecule has 6 nitrogen and oxygen atoms in total. The molecule has 0 aliphatic heterocycles. The number of ether oxygens (including phenoxy) is 2. The van der Waals surface area contributed by atoms with Crippen LogP contribution in [0, 0.1) is 0 Å². The van der Waals surface area contributed by atoms with Crippen molar-refractivity contribution in [2.45, 2.75) is 32.9 Å². The molecular weight excluding hydrogens is 340 g/mol. The van der Waals surface area contributed by atoms with E-state index in [1.54, 1.807) is 41.7 Å². The van der Waals surface area contributed by atoms with Crippen LogP contribution in [0.25, 0.3) is 0 Å². The summed E-state index contributed by atoms with van der Waals surface area (Å²) in [5, 5.41) is 2.31. The van der Waals surface area contributed by atoms with Crippen molar-refractivity contribution in [1.82, 2.24) is 9.88 Å². The van der Waals surface area contributed by atoms with Crippen LogP contribution in [0.2, 0.25) is 0 Å². The Morgan fingerprint density at radius 3 is 2.56 bits per heavy atom. The summed E-state index contributed by atoms with van der Waals surface area (Å²) in [6.45, 7) is 6.18. The zero-order chi connectivity index (χ0) is 18.6. The van der Waals surface area contributed by atoms with Gasteiger partial charge in [0.2, 0.25) is 0 Å². The lowest BCUT2D eigenvalue weighted by molar-refractivity contribution is 0.0558. The van der Waals surface area contributed by atoms with E-state index < -0.39 is 11.5 Å². The molecule has 2 aromatic rings. The first kappa shape index (κ1) is 18.9. The summed E-state index contributed by atoms with van der Waals surface area (Å²) in [5.41, 5.74) is 0.376. The molecule has 0 bridgehead atoms. The second kappa shape index (κ2) is 7.65. The number of carbonyl (C=O) groups excluding carboxylic acids is 2. The zero-order valence-electron chi connectivity index (χ0n) is 15.0. The Labute approximate surface area is 151 Å². The lowest BCUT2D eigenvalue weighted by Crippen LogP contribution is -2.45. The molecule has 0 radical (unpaired) electrons. The molecule has 1 aromatic carbocycles. The second-order valence-corrected chi connectivity index (χ2v) is 7.35. The Morgan fingerprint density at radius 1 is 1.24 bits per heavy atom. The van der Waals surface area contributed by atoms with Gasteiger partial charge in [0, 0.05) is 16.5 Å². The lowest BCUT2D eigenvalue weighted by atomic mass is 10.0. The number of rotatable bonds is 5. The van der Waals surface area contributed by atoms with Crippen LogP contribution in [-0.4, -0.2) is 41.5 Å². The molecule has 0 aliphatic carbocycles. The van der Waals surface area contributed by atoms with E-state index in [2.05, 4.69) is 9.72 Å². The van der Waals surface area contributed by atoms with Crippen molar-refractivity contribution < 1.29 is 19.1 Å². The summed E-state index contributed by atoms with van der Waals surface area (Å²) >= 11 is 1.33. The number of benzene rings is 1. The molecule has 2 rings (SSSR count). The molecule has 0 spiro atoms. The quantitative estimate of drug-likeness (QED) is 0.763. The van der Waals surface area contributed by atoms with Gasteiger partial charge in [-0.15, -0.1) is 11.3 Å². The van der Waals surface area contributed by atoms with Crippen molar-refractivity contribution >= 4 is 23.2 Å². The molecule has 0 saturated carbocycles. The highest BCUT2D eigenvalue weighted by molar-refractivity contribution is 7.09. The van der Waals surface area contributed by atoms with Gasteiger partial charge in [0.05, 0.1) is 20.8 Å². The van der Waals surface area contributed by atoms with E-state index in [-0.39, 0.29) is 11.6 Å². The Kier molecular flexibility index (Phi) is 5.79. The summed E-state index contributed by atoms with van der Waals surface area (Å²) in [6, 6.07) is 7.04. The molecule has 0 fully saturated rings. The maximum absolute atomic E-state index is 13.0. The first-order chi connectivity index (χ1) is 11.8. The van der Waals surface area contributed by atoms with E-state index in [9.17, 15) is 9.59 Å². The third-order valence-electron chi connectivity index (χ3n) is 3.61. The summed E-state index contributed by atoms with van der Waals surface area (Å²) in [5.74, 6) is 0.0204. The minimum absolute atomic E-state index is 0.124. The average Bonchev–Trinajstić information content (AvgIpc) is 3.06. The predicted molar refractivity (Wildman–Crippen MR) is 96.1 cm³/mol. The second-order valence-electron chi connectivity index (χ2n) is 6.41. The van der Waals surface area contributed by atoms with Crippen LogP contribution in [0.5, 0.6) is 5.75 Å². The number of esters is 1. The summed E-state index contributed by atoms with van der Waals surface area (Å²) < 4.78 is 9.87. The average molecular weight is 362 g/mol. The molecule has 0 aliphatic rings. The summed E-state index contributed by atoms with van der Waals surface area (Å²) in [7, 11) is 2.88. The largest absolute Gasteiger partial charge is 0.497 e. The number of carbonyl (C=O) groups is 2. The number of thiazole rings is 1. The van der Waals surface area contributed by atoms with Crippen molar-refractivity contribution in [3.63, 3.8) is 0 Å². The SMILES string of the molecule is COC(=O)c1csc(CN(C(=O)c2cccc(OC)c2)C(C)(C)C)n1. The number of amides is 1. The number of nitrogens with zero attached hydrogens (tertiary/aromatic N) is 2. The summed E-state index contributed by atoms with van der Waals surface area (Å²) in [6.07, 6.45) is 0. The maximum Gasteiger partial charge on any atom is 0.357 e. The molecule has 7 heteroatoms. The fourth-order valence-corrected chi connectivity index (χ4v) is 2.99. The molecule has 134 valence electrons. The Hall–Kier alpha value is -2.41. The van der Waals surface area contributed by atoms with E-state index in [0.29, 0.717) is 22.9 Å². The van der Waals surface area contributed by atoms with Crippen molar-refractivity contribution in [2.24, 2.45) is 0 Å². The molecule has 1 aromatic heterocycles. The third kappa shape index (κ3) is 4.57. The molecular formula is C18H22N2O4S. The number of hydrogen-bond donors (Lipinski definition) is 0. The number of methoxy groups -OCH3 is 2. The van der Waals surface area contributed by atoms with Crippen LogP contribution in [-0.2, 0) is 11.3 Å². The predicted octanol–water partition coefficient (Wildman–Crippen LogP) is 3.38. The van der Waals surface area contributed by atoms with Crippen LogP contribution in [0.1, 0.15) is 46.6 Å². The zero-order valence-corrected chi connectivity index (χ0v) is 15.8. The van der Waals surface area contributed by atoms with E-state index in [0.717, 1.165) is 0 Å². The van der Waals surface area contributed by atoms with Gasteiger partial charge in [-0.25, -0.2) is 9.78 Å². The van der Waals surface area contributed by atoms with Crippen molar-refractivity contribution in [3.05, 3.63) is 45.9 Å². The van der Waals surface area contributed by atoms with E-state index >= 15 is 0 Å². The molecule has 1 amide bonds. The van der Waals surface area contributed by atoms with Crippen LogP contribution in [0.3, 0.4) is 0 Å². The van der Waals surface area contributed by atoms with Gasteiger partial charge in [-0.1, -0.05) is 6.07 Å². The molecule has 25 heavy (non-hydrogen) atoms. The number of hydrogen-bond acceptors (Lipinski definition) is 6. The smallest absolute Gasteiger partial charge is 0.357 e. The fraction of sp³-hybridized carbons (Fsp3) is 0.389. The van der Waals surface area contributed by atoms with Crippen molar-refractivity contribution in [1.29, 1.82) is 0 Å². The maximum atomic E-state index is 13.0. The highest BCUT2D eigenvalue weighted by Gasteiger charge is 2.29. The van der Waals surface area contributed by atoms with Gasteiger partial charge in [-0.3, -0.25) is 4.79 Å². The van der Waals surface area contributed by atoms with Gasteiger partial charge in [-0.2, -0.15) is 0 Å². The lowest BCUT2D eigenvalue weighted by Gasteiger charge is -2.35. The van der Waals surface area contributed by atoms with Crippen molar-refractivity contribution in [2.75, 3.05) is 14.2 Å². The van der Waals surface area contributed by atoms with Crippen LogP contribution in [0.15, 0.2) is 29.6 Å². The molecule has 0 atom stereocenters. The van der Waals surface area contributed by atoms with E-state index in [1.807, 2.05) is 20.8 Å².